The van der Waals surface area contributed by atoms with Crippen molar-refractivity contribution in [1.29, 1.82) is 0 Å². The number of ether oxygens (including phenoxy) is 1. The van der Waals surface area contributed by atoms with Gasteiger partial charge in [0.1, 0.15) is 5.60 Å². The second kappa shape index (κ2) is 4.92. The number of likely N-dealkylation sites (tertiary alicyclic amines) is 1. The first-order valence-electron chi connectivity index (χ1n) is 6.28. The monoisotopic (exact) mass is 262 g/mol. The van der Waals surface area contributed by atoms with E-state index in [0.29, 0.717) is 18.8 Å². The number of rotatable bonds is 1. The van der Waals surface area contributed by atoms with Crippen molar-refractivity contribution in [2.75, 3.05) is 13.1 Å². The topological polar surface area (TPSA) is 51.7 Å². The van der Waals surface area contributed by atoms with Crippen molar-refractivity contribution in [2.24, 2.45) is 0 Å². The van der Waals surface area contributed by atoms with Gasteiger partial charge in [0.05, 0.1) is 18.8 Å². The van der Waals surface area contributed by atoms with Crippen molar-refractivity contribution < 1.29 is 9.53 Å². The summed E-state index contributed by atoms with van der Waals surface area (Å²) in [5.74, 6) is 0. The fourth-order valence-corrected chi connectivity index (χ4v) is 2.04. The van der Waals surface area contributed by atoms with Crippen LogP contribution in [0.15, 0.2) is 12.4 Å². The SMILES string of the molecule is [C-]#[N+]c1cnn([C@H]2CCN(C(=O)OC(C)(C)C)C2)c1. The summed E-state index contributed by atoms with van der Waals surface area (Å²) in [6.45, 7) is 13.7. The average Bonchev–Trinajstić information content (AvgIpc) is 2.95. The van der Waals surface area contributed by atoms with Gasteiger partial charge >= 0.3 is 6.09 Å². The van der Waals surface area contributed by atoms with Crippen molar-refractivity contribution in [3.63, 3.8) is 0 Å². The average molecular weight is 262 g/mol. The van der Waals surface area contributed by atoms with Gasteiger partial charge in [0.25, 0.3) is 0 Å². The van der Waals surface area contributed by atoms with Crippen LogP contribution in [-0.2, 0) is 4.74 Å². The summed E-state index contributed by atoms with van der Waals surface area (Å²) >= 11 is 0. The molecular formula is C13H18N4O2. The first-order valence-corrected chi connectivity index (χ1v) is 6.28. The van der Waals surface area contributed by atoms with Crippen LogP contribution < -0.4 is 0 Å². The van der Waals surface area contributed by atoms with E-state index in [1.165, 1.54) is 0 Å². The maximum Gasteiger partial charge on any atom is 0.410 e. The van der Waals surface area contributed by atoms with Crippen LogP contribution in [0, 0.1) is 6.57 Å². The van der Waals surface area contributed by atoms with E-state index in [1.54, 1.807) is 22.0 Å². The van der Waals surface area contributed by atoms with E-state index in [9.17, 15) is 4.79 Å². The molecule has 0 N–H and O–H groups in total. The zero-order chi connectivity index (χ0) is 14.0. The summed E-state index contributed by atoms with van der Waals surface area (Å²) in [5.41, 5.74) is 0.0497. The van der Waals surface area contributed by atoms with Gasteiger partial charge in [0.15, 0.2) is 0 Å². The Morgan fingerprint density at radius 2 is 2.32 bits per heavy atom. The van der Waals surface area contributed by atoms with Crippen LogP contribution in [0.2, 0.25) is 0 Å². The highest BCUT2D eigenvalue weighted by Gasteiger charge is 2.30. The van der Waals surface area contributed by atoms with Crippen LogP contribution in [-0.4, -0.2) is 39.5 Å². The molecule has 1 aliphatic rings. The molecule has 1 amide bonds. The standard InChI is InChI=1S/C13H18N4O2/c1-13(2,3)19-12(18)16-6-5-11(9-16)17-8-10(14-4)7-15-17/h7-8,11H,5-6,9H2,1-3H3/t11-/m0/s1. The number of carbonyl (C=O) groups is 1. The molecule has 0 radical (unpaired) electrons. The van der Waals surface area contributed by atoms with E-state index >= 15 is 0 Å². The van der Waals surface area contributed by atoms with Crippen molar-refractivity contribution in [3.8, 4) is 0 Å². The van der Waals surface area contributed by atoms with E-state index in [2.05, 4.69) is 9.94 Å². The predicted molar refractivity (Wildman–Crippen MR) is 70.0 cm³/mol. The fraction of sp³-hybridized carbons (Fsp3) is 0.615. The smallest absolute Gasteiger partial charge is 0.410 e. The van der Waals surface area contributed by atoms with Gasteiger partial charge in [-0.1, -0.05) is 0 Å². The molecule has 6 nitrogen and oxygen atoms in total. The van der Waals surface area contributed by atoms with Crippen LogP contribution in [0.1, 0.15) is 33.2 Å². The van der Waals surface area contributed by atoms with Crippen molar-refractivity contribution in [3.05, 3.63) is 23.8 Å². The highest BCUT2D eigenvalue weighted by Crippen LogP contribution is 2.24. The van der Waals surface area contributed by atoms with Crippen molar-refractivity contribution in [2.45, 2.75) is 38.8 Å². The third-order valence-corrected chi connectivity index (χ3v) is 2.91. The summed E-state index contributed by atoms with van der Waals surface area (Å²) in [6, 6.07) is 0.128. The molecule has 1 atom stereocenters. The van der Waals surface area contributed by atoms with Crippen LogP contribution in [0.5, 0.6) is 0 Å². The largest absolute Gasteiger partial charge is 0.444 e. The first kappa shape index (κ1) is 13.4. The molecule has 1 aromatic heterocycles. The molecule has 1 aliphatic heterocycles. The second-order valence-electron chi connectivity index (χ2n) is 5.66. The maximum atomic E-state index is 11.9. The number of hydrogen-bond donors (Lipinski definition) is 0. The lowest BCUT2D eigenvalue weighted by Crippen LogP contribution is -2.35. The summed E-state index contributed by atoms with van der Waals surface area (Å²) in [6.07, 6.45) is 3.81. The first-order chi connectivity index (χ1) is 8.89. The third-order valence-electron chi connectivity index (χ3n) is 2.91. The van der Waals surface area contributed by atoms with Crippen LogP contribution in [0.4, 0.5) is 10.5 Å². The highest BCUT2D eigenvalue weighted by atomic mass is 16.6. The number of amides is 1. The lowest BCUT2D eigenvalue weighted by Gasteiger charge is -2.24. The van der Waals surface area contributed by atoms with Gasteiger partial charge in [-0.2, -0.15) is 5.10 Å². The molecule has 1 saturated heterocycles. The maximum absolute atomic E-state index is 11.9. The molecule has 0 bridgehead atoms. The van der Waals surface area contributed by atoms with E-state index in [4.69, 9.17) is 11.3 Å². The minimum atomic E-state index is -0.474. The summed E-state index contributed by atoms with van der Waals surface area (Å²) in [7, 11) is 0. The molecule has 0 saturated carbocycles. The molecule has 0 aromatic carbocycles. The lowest BCUT2D eigenvalue weighted by atomic mass is 10.2. The molecule has 6 heteroatoms. The number of nitrogens with zero attached hydrogens (tertiary/aromatic N) is 4. The van der Waals surface area contributed by atoms with Crippen molar-refractivity contribution in [1.82, 2.24) is 14.7 Å². The Hall–Kier alpha value is -2.03. The number of aromatic nitrogens is 2. The Balaban J connectivity index is 1.96. The second-order valence-corrected chi connectivity index (χ2v) is 5.66. The summed E-state index contributed by atoms with van der Waals surface area (Å²) in [4.78, 5) is 16.9. The zero-order valence-corrected chi connectivity index (χ0v) is 11.5. The molecule has 2 rings (SSSR count). The molecule has 102 valence electrons. The Kier molecular flexibility index (Phi) is 3.47. The van der Waals surface area contributed by atoms with Gasteiger partial charge in [-0.05, 0) is 27.2 Å². The number of carbonyl (C=O) groups excluding carboxylic acids is 1. The van der Waals surface area contributed by atoms with Crippen LogP contribution in [0.25, 0.3) is 4.85 Å². The third kappa shape index (κ3) is 3.25. The van der Waals surface area contributed by atoms with Gasteiger partial charge in [-0.3, -0.25) is 4.68 Å². The quantitative estimate of drug-likeness (QED) is 0.731. The van der Waals surface area contributed by atoms with Gasteiger partial charge in [0, 0.05) is 19.3 Å². The van der Waals surface area contributed by atoms with E-state index in [0.717, 1.165) is 6.42 Å². The summed E-state index contributed by atoms with van der Waals surface area (Å²) < 4.78 is 7.10. The van der Waals surface area contributed by atoms with Gasteiger partial charge in [-0.15, -0.1) is 0 Å². The Bertz CT molecular complexity index is 509. The molecule has 2 heterocycles. The minimum Gasteiger partial charge on any atom is -0.444 e. The molecule has 0 unspecified atom stereocenters. The Morgan fingerprint density at radius 1 is 1.58 bits per heavy atom. The number of hydrogen-bond acceptors (Lipinski definition) is 3. The Labute approximate surface area is 112 Å². The van der Waals surface area contributed by atoms with Gasteiger partial charge < -0.3 is 9.64 Å². The Morgan fingerprint density at radius 3 is 2.89 bits per heavy atom. The lowest BCUT2D eigenvalue weighted by molar-refractivity contribution is 0.0288. The highest BCUT2D eigenvalue weighted by molar-refractivity contribution is 5.68. The fourth-order valence-electron chi connectivity index (χ4n) is 2.04. The predicted octanol–water partition coefficient (Wildman–Crippen LogP) is 2.62. The van der Waals surface area contributed by atoms with E-state index in [-0.39, 0.29) is 12.1 Å². The zero-order valence-electron chi connectivity index (χ0n) is 11.5. The van der Waals surface area contributed by atoms with Gasteiger partial charge in [-0.25, -0.2) is 9.64 Å². The minimum absolute atomic E-state index is 0.128. The molecular weight excluding hydrogens is 244 g/mol. The van der Waals surface area contributed by atoms with Crippen LogP contribution in [0.3, 0.4) is 0 Å². The van der Waals surface area contributed by atoms with E-state index < -0.39 is 5.60 Å². The molecule has 1 fully saturated rings. The summed E-state index contributed by atoms with van der Waals surface area (Å²) in [5, 5.41) is 4.16. The molecule has 1 aromatic rings. The van der Waals surface area contributed by atoms with Gasteiger partial charge in [0.2, 0.25) is 5.69 Å². The molecule has 0 aliphatic carbocycles. The van der Waals surface area contributed by atoms with E-state index in [1.807, 2.05) is 20.8 Å². The normalized spacial score (nSPS) is 19.3. The molecule has 19 heavy (non-hydrogen) atoms. The molecule has 0 spiro atoms. The van der Waals surface area contributed by atoms with Crippen molar-refractivity contribution >= 4 is 11.8 Å². The van der Waals surface area contributed by atoms with Crippen LogP contribution >= 0.6 is 0 Å².